The molecule has 0 atom stereocenters. The summed E-state index contributed by atoms with van der Waals surface area (Å²) in [7, 11) is 1.67. The highest BCUT2D eigenvalue weighted by Gasteiger charge is 2.16. The molecule has 1 aromatic carbocycles. The van der Waals surface area contributed by atoms with Gasteiger partial charge >= 0.3 is 0 Å². The molecule has 6 heteroatoms. The Kier molecular flexibility index (Phi) is 6.39. The highest BCUT2D eigenvalue weighted by Crippen LogP contribution is 2.25. The molecular formula is C21H24N2O2S2. The summed E-state index contributed by atoms with van der Waals surface area (Å²) in [6.07, 6.45) is 0.918. The molecule has 0 unspecified atom stereocenters. The first-order chi connectivity index (χ1) is 13.0. The number of Topliss-reactive ketones (excluding diaryl/α,β-unsaturated/α-hetero) is 1. The van der Waals surface area contributed by atoms with E-state index in [-0.39, 0.29) is 5.78 Å². The molecule has 0 amide bonds. The molecule has 0 saturated carbocycles. The molecule has 0 aliphatic heterocycles. The van der Waals surface area contributed by atoms with Crippen LogP contribution in [-0.4, -0.2) is 28.2 Å². The molecule has 2 aromatic heterocycles. The van der Waals surface area contributed by atoms with E-state index in [0.717, 1.165) is 45.7 Å². The SMILES string of the molecule is COc1ccc(CCn2c(C)cc(C(=O)CSc3nc(C)cs3)c2C)cc1. The summed E-state index contributed by atoms with van der Waals surface area (Å²) in [6, 6.07) is 10.2. The monoisotopic (exact) mass is 400 g/mol. The molecular weight excluding hydrogens is 376 g/mol. The number of aromatic nitrogens is 2. The van der Waals surface area contributed by atoms with Crippen LogP contribution in [0.15, 0.2) is 40.1 Å². The molecule has 0 aliphatic rings. The number of hydrogen-bond acceptors (Lipinski definition) is 5. The summed E-state index contributed by atoms with van der Waals surface area (Å²) in [6.45, 7) is 6.93. The van der Waals surface area contributed by atoms with E-state index >= 15 is 0 Å². The standard InChI is InChI=1S/C21H24N2O2S2/c1-14-12-26-21(22-14)27-13-20(24)19-11-15(2)23(16(19)3)10-9-17-5-7-18(25-4)8-6-17/h5-8,11-12H,9-10,13H2,1-4H3. The van der Waals surface area contributed by atoms with Gasteiger partial charge in [0.15, 0.2) is 10.1 Å². The number of rotatable bonds is 8. The van der Waals surface area contributed by atoms with Gasteiger partial charge in [-0.15, -0.1) is 11.3 Å². The number of thiazole rings is 1. The first-order valence-electron chi connectivity index (χ1n) is 8.85. The van der Waals surface area contributed by atoms with Gasteiger partial charge in [0.05, 0.1) is 12.9 Å². The summed E-state index contributed by atoms with van der Waals surface area (Å²) in [4.78, 5) is 17.1. The highest BCUT2D eigenvalue weighted by atomic mass is 32.2. The number of methoxy groups -OCH3 is 1. The third kappa shape index (κ3) is 4.82. The third-order valence-electron chi connectivity index (χ3n) is 4.58. The van der Waals surface area contributed by atoms with Crippen LogP contribution in [0.25, 0.3) is 0 Å². The Morgan fingerprint density at radius 1 is 1.22 bits per heavy atom. The maximum Gasteiger partial charge on any atom is 0.174 e. The largest absolute Gasteiger partial charge is 0.497 e. The molecule has 3 aromatic rings. The number of hydrogen-bond donors (Lipinski definition) is 0. The molecule has 0 aliphatic carbocycles. The molecule has 3 rings (SSSR count). The molecule has 27 heavy (non-hydrogen) atoms. The number of nitrogens with zero attached hydrogens (tertiary/aromatic N) is 2. The van der Waals surface area contributed by atoms with Gasteiger partial charge in [-0.2, -0.15) is 0 Å². The van der Waals surface area contributed by atoms with Gasteiger partial charge in [0.2, 0.25) is 0 Å². The van der Waals surface area contributed by atoms with Crippen molar-refractivity contribution in [2.75, 3.05) is 12.9 Å². The molecule has 0 spiro atoms. The molecule has 2 heterocycles. The Balaban J connectivity index is 1.65. The predicted octanol–water partition coefficient (Wildman–Crippen LogP) is 5.10. The number of ether oxygens (including phenoxy) is 1. The van der Waals surface area contributed by atoms with Gasteiger partial charge < -0.3 is 9.30 Å². The van der Waals surface area contributed by atoms with Crippen LogP contribution in [0.3, 0.4) is 0 Å². The van der Waals surface area contributed by atoms with E-state index < -0.39 is 0 Å². The number of benzene rings is 1. The summed E-state index contributed by atoms with van der Waals surface area (Å²) >= 11 is 3.11. The molecule has 4 nitrogen and oxygen atoms in total. The first-order valence-corrected chi connectivity index (χ1v) is 10.7. The van der Waals surface area contributed by atoms with Crippen molar-refractivity contribution in [1.29, 1.82) is 0 Å². The van der Waals surface area contributed by atoms with Gasteiger partial charge in [0.25, 0.3) is 0 Å². The zero-order valence-corrected chi connectivity index (χ0v) is 17.7. The van der Waals surface area contributed by atoms with Crippen LogP contribution in [0.2, 0.25) is 0 Å². The fraction of sp³-hybridized carbons (Fsp3) is 0.333. The molecule has 0 fully saturated rings. The molecule has 0 radical (unpaired) electrons. The Morgan fingerprint density at radius 3 is 2.59 bits per heavy atom. The summed E-state index contributed by atoms with van der Waals surface area (Å²) < 4.78 is 8.39. The van der Waals surface area contributed by atoms with Crippen molar-refractivity contribution in [1.82, 2.24) is 9.55 Å². The van der Waals surface area contributed by atoms with E-state index in [1.54, 1.807) is 18.4 Å². The van der Waals surface area contributed by atoms with E-state index in [9.17, 15) is 4.79 Å². The smallest absolute Gasteiger partial charge is 0.174 e. The van der Waals surface area contributed by atoms with Crippen LogP contribution < -0.4 is 4.74 Å². The minimum Gasteiger partial charge on any atom is -0.497 e. The van der Waals surface area contributed by atoms with Gasteiger partial charge in [-0.1, -0.05) is 23.9 Å². The van der Waals surface area contributed by atoms with Gasteiger partial charge in [0, 0.05) is 34.6 Å². The lowest BCUT2D eigenvalue weighted by atomic mass is 10.1. The highest BCUT2D eigenvalue weighted by molar-refractivity contribution is 8.01. The van der Waals surface area contributed by atoms with Crippen molar-refractivity contribution in [3.05, 3.63) is 63.9 Å². The normalized spacial score (nSPS) is 11.0. The lowest BCUT2D eigenvalue weighted by molar-refractivity contribution is 0.102. The van der Waals surface area contributed by atoms with Crippen LogP contribution in [-0.2, 0) is 13.0 Å². The van der Waals surface area contributed by atoms with Crippen molar-refractivity contribution in [2.45, 2.75) is 38.1 Å². The van der Waals surface area contributed by atoms with Crippen molar-refractivity contribution in [2.24, 2.45) is 0 Å². The first kappa shape index (κ1) is 19.7. The van der Waals surface area contributed by atoms with E-state index in [2.05, 4.69) is 28.6 Å². The van der Waals surface area contributed by atoms with Crippen LogP contribution in [0, 0.1) is 20.8 Å². The zero-order chi connectivity index (χ0) is 19.4. The second kappa shape index (κ2) is 8.76. The van der Waals surface area contributed by atoms with Crippen molar-refractivity contribution in [3.8, 4) is 5.75 Å². The number of ketones is 1. The van der Waals surface area contributed by atoms with E-state index in [1.807, 2.05) is 37.4 Å². The van der Waals surface area contributed by atoms with Crippen molar-refractivity contribution in [3.63, 3.8) is 0 Å². The fourth-order valence-electron chi connectivity index (χ4n) is 3.06. The van der Waals surface area contributed by atoms with Gasteiger partial charge in [-0.3, -0.25) is 4.79 Å². The Morgan fingerprint density at radius 2 is 1.96 bits per heavy atom. The van der Waals surface area contributed by atoms with E-state index in [1.165, 1.54) is 17.3 Å². The van der Waals surface area contributed by atoms with Crippen LogP contribution in [0.1, 0.15) is 33.0 Å². The zero-order valence-electron chi connectivity index (χ0n) is 16.1. The van der Waals surface area contributed by atoms with Gasteiger partial charge in [0.1, 0.15) is 5.75 Å². The van der Waals surface area contributed by atoms with E-state index in [0.29, 0.717) is 5.75 Å². The average Bonchev–Trinajstić information content (AvgIpc) is 3.21. The summed E-state index contributed by atoms with van der Waals surface area (Å²) in [5.41, 5.74) is 5.25. The third-order valence-corrected chi connectivity index (χ3v) is 6.72. The number of carbonyl (C=O) groups excluding carboxylic acids is 1. The number of thioether (sulfide) groups is 1. The average molecular weight is 401 g/mol. The minimum absolute atomic E-state index is 0.164. The maximum absolute atomic E-state index is 12.7. The second-order valence-corrected chi connectivity index (χ2v) is 8.58. The van der Waals surface area contributed by atoms with Crippen LogP contribution >= 0.6 is 23.1 Å². The molecule has 142 valence electrons. The van der Waals surface area contributed by atoms with Crippen LogP contribution in [0.4, 0.5) is 0 Å². The topological polar surface area (TPSA) is 44.1 Å². The van der Waals surface area contributed by atoms with Crippen LogP contribution in [0.5, 0.6) is 5.75 Å². The molecule has 0 saturated heterocycles. The molecule has 0 N–H and O–H groups in total. The summed E-state index contributed by atoms with van der Waals surface area (Å²) in [5, 5.41) is 2.01. The predicted molar refractivity (Wildman–Crippen MR) is 113 cm³/mol. The van der Waals surface area contributed by atoms with Gasteiger partial charge in [-0.25, -0.2) is 4.98 Å². The summed E-state index contributed by atoms with van der Waals surface area (Å²) in [5.74, 6) is 1.46. The lowest BCUT2D eigenvalue weighted by Gasteiger charge is -2.10. The quantitative estimate of drug-likeness (QED) is 0.390. The van der Waals surface area contributed by atoms with Gasteiger partial charge in [-0.05, 0) is 51.0 Å². The second-order valence-electron chi connectivity index (χ2n) is 6.50. The Labute approximate surface area is 168 Å². The Bertz CT molecular complexity index is 926. The fourth-order valence-corrected chi connectivity index (χ4v) is 4.80. The Hall–Kier alpha value is -2.05. The lowest BCUT2D eigenvalue weighted by Crippen LogP contribution is -2.08. The molecule has 0 bridgehead atoms. The van der Waals surface area contributed by atoms with Crippen molar-refractivity contribution >= 4 is 28.9 Å². The van der Waals surface area contributed by atoms with E-state index in [4.69, 9.17) is 4.74 Å². The number of carbonyl (C=O) groups is 1. The van der Waals surface area contributed by atoms with Crippen molar-refractivity contribution < 1.29 is 9.53 Å². The number of aryl methyl sites for hydroxylation is 3. The minimum atomic E-state index is 0.164. The maximum atomic E-state index is 12.7.